The summed E-state index contributed by atoms with van der Waals surface area (Å²) in [5, 5.41) is 5.37. The van der Waals surface area contributed by atoms with E-state index < -0.39 is 0 Å². The molecule has 0 fully saturated rings. The number of aromatic nitrogens is 3. The van der Waals surface area contributed by atoms with E-state index in [2.05, 4.69) is 23.6 Å². The van der Waals surface area contributed by atoms with Crippen LogP contribution < -0.4 is 0 Å². The molecule has 0 aliphatic carbocycles. The van der Waals surface area contributed by atoms with E-state index in [1.807, 2.05) is 53.5 Å². The monoisotopic (exact) mass is 402 g/mol. The second-order valence-electron chi connectivity index (χ2n) is 7.18. The maximum Gasteiger partial charge on any atom is 0.256 e. The lowest BCUT2D eigenvalue weighted by Gasteiger charge is -2.18. The average molecular weight is 403 g/mol. The van der Waals surface area contributed by atoms with Crippen molar-refractivity contribution in [3.05, 3.63) is 100 Å². The van der Waals surface area contributed by atoms with Crippen LogP contribution in [0.2, 0.25) is 5.02 Å². The maximum atomic E-state index is 13.0. The number of carbonyl (C=O) groups is 1. The van der Waals surface area contributed by atoms with E-state index in [0.717, 1.165) is 28.3 Å². The summed E-state index contributed by atoms with van der Waals surface area (Å²) in [5.41, 5.74) is 4.68. The molecular formula is C23H19ClN4O. The number of hydrogen-bond donors (Lipinski definition) is 0. The zero-order valence-corrected chi connectivity index (χ0v) is 16.7. The summed E-state index contributed by atoms with van der Waals surface area (Å²) in [6.07, 6.45) is 4.01. The SMILES string of the molecule is Cc1ccccc1-n1nc2c(c1-n1cccc1)CN(C(=O)c1ccccc1Cl)C2. The van der Waals surface area contributed by atoms with Crippen LogP contribution in [0.1, 0.15) is 27.2 Å². The van der Waals surface area contributed by atoms with Crippen LogP contribution in [0, 0.1) is 6.92 Å². The first-order chi connectivity index (χ1) is 14.1. The highest BCUT2D eigenvalue weighted by atomic mass is 35.5. The van der Waals surface area contributed by atoms with Crippen molar-refractivity contribution in [2.45, 2.75) is 20.0 Å². The van der Waals surface area contributed by atoms with Gasteiger partial charge in [-0.05, 0) is 42.8 Å². The van der Waals surface area contributed by atoms with Gasteiger partial charge in [-0.1, -0.05) is 41.9 Å². The fourth-order valence-electron chi connectivity index (χ4n) is 3.86. The molecule has 3 heterocycles. The highest BCUT2D eigenvalue weighted by molar-refractivity contribution is 6.33. The minimum atomic E-state index is -0.0745. The second-order valence-corrected chi connectivity index (χ2v) is 7.59. The highest BCUT2D eigenvalue weighted by Crippen LogP contribution is 2.32. The Hall–Kier alpha value is -3.31. The Bertz CT molecular complexity index is 1210. The van der Waals surface area contributed by atoms with Gasteiger partial charge in [0.25, 0.3) is 5.91 Å². The van der Waals surface area contributed by atoms with Crippen molar-refractivity contribution < 1.29 is 4.79 Å². The van der Waals surface area contributed by atoms with E-state index in [1.54, 1.807) is 17.0 Å². The molecule has 5 rings (SSSR count). The van der Waals surface area contributed by atoms with Gasteiger partial charge in [0.05, 0.1) is 35.1 Å². The summed E-state index contributed by atoms with van der Waals surface area (Å²) in [5.74, 6) is 0.892. The Morgan fingerprint density at radius 3 is 2.45 bits per heavy atom. The Morgan fingerprint density at radius 2 is 1.69 bits per heavy atom. The molecule has 0 atom stereocenters. The van der Waals surface area contributed by atoms with Gasteiger partial charge in [-0.25, -0.2) is 4.68 Å². The average Bonchev–Trinajstić information content (AvgIpc) is 3.44. The smallest absolute Gasteiger partial charge is 0.256 e. The molecule has 1 aliphatic rings. The van der Waals surface area contributed by atoms with E-state index >= 15 is 0 Å². The normalized spacial score (nSPS) is 13.0. The molecule has 0 saturated carbocycles. The number of nitrogens with zero attached hydrogens (tertiary/aromatic N) is 4. The summed E-state index contributed by atoms with van der Waals surface area (Å²) < 4.78 is 4.04. The first kappa shape index (κ1) is 17.8. The van der Waals surface area contributed by atoms with Gasteiger partial charge in [-0.3, -0.25) is 4.79 Å². The van der Waals surface area contributed by atoms with Crippen LogP contribution in [0.4, 0.5) is 0 Å². The van der Waals surface area contributed by atoms with Crippen LogP contribution in [0.5, 0.6) is 0 Å². The van der Waals surface area contributed by atoms with Gasteiger partial charge in [0.1, 0.15) is 5.82 Å². The lowest BCUT2D eigenvalue weighted by atomic mass is 10.2. The van der Waals surface area contributed by atoms with E-state index in [-0.39, 0.29) is 5.91 Å². The van der Waals surface area contributed by atoms with Crippen LogP contribution in [0.3, 0.4) is 0 Å². The zero-order chi connectivity index (χ0) is 20.0. The standard InChI is InChI=1S/C23H19ClN4O/c1-16-8-2-5-11-21(16)28-22(26-12-6-7-13-26)18-14-27(15-20(18)25-28)23(29)17-9-3-4-10-19(17)24/h2-13H,14-15H2,1H3. The number of carbonyl (C=O) groups excluding carboxylic acids is 1. The molecule has 0 N–H and O–H groups in total. The van der Waals surface area contributed by atoms with Gasteiger partial charge in [-0.2, -0.15) is 5.10 Å². The van der Waals surface area contributed by atoms with Crippen molar-refractivity contribution in [3.8, 4) is 11.5 Å². The molecule has 144 valence electrons. The van der Waals surface area contributed by atoms with E-state index in [0.29, 0.717) is 23.7 Å². The Labute approximate surface area is 173 Å². The molecule has 0 saturated heterocycles. The van der Waals surface area contributed by atoms with Crippen molar-refractivity contribution in [2.75, 3.05) is 0 Å². The van der Waals surface area contributed by atoms with Gasteiger partial charge >= 0.3 is 0 Å². The number of para-hydroxylation sites is 1. The molecule has 1 aliphatic heterocycles. The molecule has 5 nitrogen and oxygen atoms in total. The second kappa shape index (κ2) is 6.94. The van der Waals surface area contributed by atoms with Crippen LogP contribution >= 0.6 is 11.6 Å². The molecule has 1 amide bonds. The van der Waals surface area contributed by atoms with Crippen LogP contribution in [0.25, 0.3) is 11.5 Å². The fraction of sp³-hybridized carbons (Fsp3) is 0.130. The van der Waals surface area contributed by atoms with Crippen LogP contribution in [-0.2, 0) is 13.1 Å². The molecule has 4 aromatic rings. The van der Waals surface area contributed by atoms with Crippen molar-refractivity contribution >= 4 is 17.5 Å². The van der Waals surface area contributed by atoms with Crippen molar-refractivity contribution in [1.82, 2.24) is 19.2 Å². The number of aryl methyl sites for hydroxylation is 1. The lowest BCUT2D eigenvalue weighted by molar-refractivity contribution is 0.0749. The molecule has 0 spiro atoms. The number of halogens is 1. The highest BCUT2D eigenvalue weighted by Gasteiger charge is 2.32. The molecular weight excluding hydrogens is 384 g/mol. The third-order valence-corrected chi connectivity index (χ3v) is 5.64. The molecule has 0 radical (unpaired) electrons. The Morgan fingerprint density at radius 1 is 0.966 bits per heavy atom. The Balaban J connectivity index is 1.58. The van der Waals surface area contributed by atoms with Crippen molar-refractivity contribution in [2.24, 2.45) is 0 Å². The quantitative estimate of drug-likeness (QED) is 0.495. The van der Waals surface area contributed by atoms with E-state index in [4.69, 9.17) is 16.7 Å². The third kappa shape index (κ3) is 2.95. The molecule has 29 heavy (non-hydrogen) atoms. The summed E-state index contributed by atoms with van der Waals surface area (Å²) in [4.78, 5) is 14.8. The van der Waals surface area contributed by atoms with Gasteiger partial charge in [0.15, 0.2) is 0 Å². The van der Waals surface area contributed by atoms with Crippen molar-refractivity contribution in [3.63, 3.8) is 0 Å². The van der Waals surface area contributed by atoms with Gasteiger partial charge in [0, 0.05) is 18.0 Å². The summed E-state index contributed by atoms with van der Waals surface area (Å²) >= 11 is 6.25. The van der Waals surface area contributed by atoms with Gasteiger partial charge in [0.2, 0.25) is 0 Å². The Kier molecular flexibility index (Phi) is 4.25. The molecule has 6 heteroatoms. The minimum absolute atomic E-state index is 0.0745. The predicted octanol–water partition coefficient (Wildman–Crippen LogP) is 4.78. The molecule has 2 aromatic heterocycles. The summed E-state index contributed by atoms with van der Waals surface area (Å²) in [7, 11) is 0. The maximum absolute atomic E-state index is 13.0. The molecule has 0 bridgehead atoms. The molecule has 2 aromatic carbocycles. The summed E-state index contributed by atoms with van der Waals surface area (Å²) in [6.45, 7) is 3.04. The topological polar surface area (TPSA) is 43.1 Å². The summed E-state index contributed by atoms with van der Waals surface area (Å²) in [6, 6.07) is 19.3. The van der Waals surface area contributed by atoms with Crippen LogP contribution in [-0.4, -0.2) is 25.2 Å². The van der Waals surface area contributed by atoms with Crippen molar-refractivity contribution in [1.29, 1.82) is 0 Å². The van der Waals surface area contributed by atoms with Gasteiger partial charge in [-0.15, -0.1) is 0 Å². The number of benzene rings is 2. The van der Waals surface area contributed by atoms with E-state index in [1.165, 1.54) is 0 Å². The van der Waals surface area contributed by atoms with E-state index in [9.17, 15) is 4.79 Å². The lowest BCUT2D eigenvalue weighted by Crippen LogP contribution is -2.26. The third-order valence-electron chi connectivity index (χ3n) is 5.31. The zero-order valence-electron chi connectivity index (χ0n) is 15.9. The first-order valence-corrected chi connectivity index (χ1v) is 9.85. The first-order valence-electron chi connectivity index (χ1n) is 9.47. The number of hydrogen-bond acceptors (Lipinski definition) is 2. The van der Waals surface area contributed by atoms with Gasteiger partial charge < -0.3 is 9.47 Å². The molecule has 0 unspecified atom stereocenters. The van der Waals surface area contributed by atoms with Crippen LogP contribution in [0.15, 0.2) is 73.1 Å². The minimum Gasteiger partial charge on any atom is -0.328 e. The fourth-order valence-corrected chi connectivity index (χ4v) is 4.08. The number of amides is 1. The number of rotatable bonds is 3. The predicted molar refractivity (Wildman–Crippen MR) is 113 cm³/mol. The largest absolute Gasteiger partial charge is 0.328 e. The number of fused-ring (bicyclic) bond motifs is 1.